The van der Waals surface area contributed by atoms with Crippen LogP contribution in [0.2, 0.25) is 0 Å². The third-order valence-corrected chi connectivity index (χ3v) is 5.42. The molecule has 1 aromatic carbocycles. The van der Waals surface area contributed by atoms with Crippen LogP contribution in [0.25, 0.3) is 11.0 Å². The summed E-state index contributed by atoms with van der Waals surface area (Å²) in [5, 5.41) is 4.08. The molecule has 0 aliphatic heterocycles. The number of thioether (sulfide) groups is 1. The molecule has 0 unspecified atom stereocenters. The minimum Gasteiger partial charge on any atom is -0.352 e. The van der Waals surface area contributed by atoms with Crippen molar-refractivity contribution in [2.24, 2.45) is 11.8 Å². The summed E-state index contributed by atoms with van der Waals surface area (Å²) in [6.45, 7) is 2.07. The van der Waals surface area contributed by atoms with Gasteiger partial charge in [-0.05, 0) is 62.1 Å². The number of H-pyrrole nitrogens is 1. The zero-order valence-corrected chi connectivity index (χ0v) is 13.6. The van der Waals surface area contributed by atoms with Crippen molar-refractivity contribution in [3.63, 3.8) is 0 Å². The number of imidazole rings is 1. The highest BCUT2D eigenvalue weighted by molar-refractivity contribution is 7.99. The van der Waals surface area contributed by atoms with Crippen molar-refractivity contribution >= 4 is 28.7 Å². The molecule has 0 radical (unpaired) electrons. The molecule has 2 fully saturated rings. The van der Waals surface area contributed by atoms with Gasteiger partial charge >= 0.3 is 0 Å². The summed E-state index contributed by atoms with van der Waals surface area (Å²) in [7, 11) is 0. The molecular weight excluding hydrogens is 294 g/mol. The first-order valence-corrected chi connectivity index (χ1v) is 9.06. The lowest BCUT2D eigenvalue weighted by Gasteiger charge is -2.17. The maximum Gasteiger partial charge on any atom is 0.230 e. The molecule has 2 saturated carbocycles. The summed E-state index contributed by atoms with van der Waals surface area (Å²) >= 11 is 1.49. The van der Waals surface area contributed by atoms with Crippen molar-refractivity contribution < 1.29 is 4.79 Å². The molecule has 1 heterocycles. The van der Waals surface area contributed by atoms with Gasteiger partial charge in [0.25, 0.3) is 0 Å². The number of amides is 1. The van der Waals surface area contributed by atoms with Crippen molar-refractivity contribution in [2.75, 3.05) is 5.75 Å². The zero-order chi connectivity index (χ0) is 15.1. The fourth-order valence-electron chi connectivity index (χ4n) is 3.06. The van der Waals surface area contributed by atoms with Crippen LogP contribution in [0.4, 0.5) is 0 Å². The van der Waals surface area contributed by atoms with Gasteiger partial charge in [0, 0.05) is 6.04 Å². The minimum atomic E-state index is 0.144. The first-order chi connectivity index (χ1) is 10.7. The van der Waals surface area contributed by atoms with E-state index >= 15 is 0 Å². The van der Waals surface area contributed by atoms with Crippen LogP contribution in [0.5, 0.6) is 0 Å². The standard InChI is InChI=1S/C17H21N3OS/c1-10-2-7-13-14(8-10)19-17(18-13)22-9-15(21)20-16(11-3-4-11)12-5-6-12/h2,7-8,11-12,16H,3-6,9H2,1H3,(H,18,19)(H,20,21). The largest absolute Gasteiger partial charge is 0.352 e. The van der Waals surface area contributed by atoms with E-state index < -0.39 is 0 Å². The number of nitrogens with one attached hydrogen (secondary N) is 2. The van der Waals surface area contributed by atoms with E-state index in [1.54, 1.807) is 0 Å². The molecule has 1 aromatic heterocycles. The average Bonchev–Trinajstić information content (AvgIpc) is 3.39. The maximum atomic E-state index is 12.2. The SMILES string of the molecule is Cc1ccc2nc(SCC(=O)NC(C3CC3)C3CC3)[nH]c2c1. The number of rotatable bonds is 6. The molecule has 22 heavy (non-hydrogen) atoms. The number of hydrogen-bond acceptors (Lipinski definition) is 3. The number of carbonyl (C=O) groups excluding carboxylic acids is 1. The second kappa shape index (κ2) is 5.61. The molecule has 2 aliphatic carbocycles. The molecule has 116 valence electrons. The second-order valence-electron chi connectivity index (χ2n) is 6.62. The lowest BCUT2D eigenvalue weighted by Crippen LogP contribution is -2.39. The van der Waals surface area contributed by atoms with E-state index in [2.05, 4.69) is 34.3 Å². The molecule has 2 N–H and O–H groups in total. The van der Waals surface area contributed by atoms with Crippen molar-refractivity contribution in [3.05, 3.63) is 23.8 Å². The van der Waals surface area contributed by atoms with E-state index in [4.69, 9.17) is 0 Å². The number of hydrogen-bond donors (Lipinski definition) is 2. The van der Waals surface area contributed by atoms with Crippen LogP contribution in [0.15, 0.2) is 23.4 Å². The van der Waals surface area contributed by atoms with E-state index in [0.717, 1.165) is 28.0 Å². The summed E-state index contributed by atoms with van der Waals surface area (Å²) < 4.78 is 0. The fraction of sp³-hybridized carbons (Fsp3) is 0.529. The van der Waals surface area contributed by atoms with Crippen LogP contribution >= 0.6 is 11.8 Å². The van der Waals surface area contributed by atoms with Crippen molar-refractivity contribution in [1.29, 1.82) is 0 Å². The number of aromatic amines is 1. The lowest BCUT2D eigenvalue weighted by atomic mass is 10.1. The Morgan fingerprint density at radius 3 is 2.77 bits per heavy atom. The predicted octanol–water partition coefficient (Wildman–Crippen LogP) is 3.27. The first-order valence-electron chi connectivity index (χ1n) is 8.07. The monoisotopic (exact) mass is 315 g/mol. The Labute approximate surface area is 134 Å². The molecule has 1 amide bonds. The van der Waals surface area contributed by atoms with Gasteiger partial charge < -0.3 is 10.3 Å². The summed E-state index contributed by atoms with van der Waals surface area (Å²) in [6, 6.07) is 6.59. The third-order valence-electron chi connectivity index (χ3n) is 4.54. The van der Waals surface area contributed by atoms with Gasteiger partial charge in [0.05, 0.1) is 16.8 Å². The molecular formula is C17H21N3OS. The van der Waals surface area contributed by atoms with E-state index in [-0.39, 0.29) is 5.91 Å². The van der Waals surface area contributed by atoms with E-state index in [0.29, 0.717) is 11.8 Å². The summed E-state index contributed by atoms with van der Waals surface area (Å²) in [5.41, 5.74) is 3.21. The van der Waals surface area contributed by atoms with Crippen molar-refractivity contribution in [1.82, 2.24) is 15.3 Å². The predicted molar refractivity (Wildman–Crippen MR) is 88.9 cm³/mol. The summed E-state index contributed by atoms with van der Waals surface area (Å²) in [5.74, 6) is 2.08. The van der Waals surface area contributed by atoms with Crippen LogP contribution in [-0.2, 0) is 4.79 Å². The molecule has 0 saturated heterocycles. The molecule has 2 aromatic rings. The molecule has 5 heteroatoms. The number of benzene rings is 1. The number of aryl methyl sites for hydroxylation is 1. The van der Waals surface area contributed by atoms with Crippen molar-refractivity contribution in [3.8, 4) is 0 Å². The Morgan fingerprint density at radius 2 is 2.09 bits per heavy atom. The van der Waals surface area contributed by atoms with E-state index in [9.17, 15) is 4.79 Å². The number of fused-ring (bicyclic) bond motifs is 1. The van der Waals surface area contributed by atoms with Gasteiger partial charge in [0.2, 0.25) is 5.91 Å². The van der Waals surface area contributed by atoms with Gasteiger partial charge in [0.15, 0.2) is 5.16 Å². The van der Waals surface area contributed by atoms with Crippen LogP contribution in [0.1, 0.15) is 31.2 Å². The maximum absolute atomic E-state index is 12.2. The van der Waals surface area contributed by atoms with Crippen LogP contribution < -0.4 is 5.32 Å². The zero-order valence-electron chi connectivity index (χ0n) is 12.8. The Balaban J connectivity index is 1.35. The Hall–Kier alpha value is -1.49. The molecule has 0 atom stereocenters. The molecule has 4 nitrogen and oxygen atoms in total. The Bertz CT molecular complexity index is 691. The molecule has 0 spiro atoms. The van der Waals surface area contributed by atoms with E-state index in [1.165, 1.54) is 43.0 Å². The van der Waals surface area contributed by atoms with Gasteiger partial charge in [-0.25, -0.2) is 4.98 Å². The fourth-order valence-corrected chi connectivity index (χ4v) is 3.76. The van der Waals surface area contributed by atoms with Crippen LogP contribution in [-0.4, -0.2) is 27.7 Å². The summed E-state index contributed by atoms with van der Waals surface area (Å²) in [4.78, 5) is 20.0. The minimum absolute atomic E-state index is 0.144. The van der Waals surface area contributed by atoms with E-state index in [1.807, 2.05) is 6.07 Å². The van der Waals surface area contributed by atoms with Crippen LogP contribution in [0.3, 0.4) is 0 Å². The molecule has 0 bridgehead atoms. The number of aromatic nitrogens is 2. The highest BCUT2D eigenvalue weighted by atomic mass is 32.2. The third kappa shape index (κ3) is 3.14. The van der Waals surface area contributed by atoms with Crippen LogP contribution in [0, 0.1) is 18.8 Å². The molecule has 4 rings (SSSR count). The Kier molecular flexibility index (Phi) is 3.60. The highest BCUT2D eigenvalue weighted by Gasteiger charge is 2.42. The Morgan fingerprint density at radius 1 is 1.36 bits per heavy atom. The smallest absolute Gasteiger partial charge is 0.230 e. The number of nitrogens with zero attached hydrogens (tertiary/aromatic N) is 1. The summed E-state index contributed by atoms with van der Waals surface area (Å²) in [6.07, 6.45) is 5.16. The topological polar surface area (TPSA) is 57.8 Å². The lowest BCUT2D eigenvalue weighted by molar-refractivity contribution is -0.119. The quantitative estimate of drug-likeness (QED) is 0.804. The van der Waals surface area contributed by atoms with Gasteiger partial charge in [-0.2, -0.15) is 0 Å². The van der Waals surface area contributed by atoms with Gasteiger partial charge in [0.1, 0.15) is 0 Å². The van der Waals surface area contributed by atoms with Crippen molar-refractivity contribution in [2.45, 2.75) is 43.8 Å². The van der Waals surface area contributed by atoms with Gasteiger partial charge in [-0.15, -0.1) is 0 Å². The normalized spacial score (nSPS) is 18.1. The number of carbonyl (C=O) groups is 1. The highest BCUT2D eigenvalue weighted by Crippen LogP contribution is 2.44. The first kappa shape index (κ1) is 14.1. The average molecular weight is 315 g/mol. The van der Waals surface area contributed by atoms with Gasteiger partial charge in [-0.1, -0.05) is 17.8 Å². The molecule has 2 aliphatic rings. The van der Waals surface area contributed by atoms with Gasteiger partial charge in [-0.3, -0.25) is 4.79 Å². The second-order valence-corrected chi connectivity index (χ2v) is 7.58.